The zero-order chi connectivity index (χ0) is 11.9. The molecule has 0 N–H and O–H groups in total. The molecule has 2 aromatic rings. The maximum Gasteiger partial charge on any atom is 0.173 e. The van der Waals surface area contributed by atoms with Crippen molar-refractivity contribution >= 4 is 5.78 Å². The Bertz CT molecular complexity index is 571. The van der Waals surface area contributed by atoms with E-state index in [9.17, 15) is 4.79 Å². The fourth-order valence-electron chi connectivity index (χ4n) is 2.69. The van der Waals surface area contributed by atoms with Crippen molar-refractivity contribution in [3.63, 3.8) is 0 Å². The average molecular weight is 222 g/mol. The number of hydrogen-bond donors (Lipinski definition) is 0. The van der Waals surface area contributed by atoms with Gasteiger partial charge in [0.1, 0.15) is 0 Å². The van der Waals surface area contributed by atoms with E-state index in [1.165, 1.54) is 5.56 Å². The highest BCUT2D eigenvalue weighted by atomic mass is 16.1. The predicted molar refractivity (Wildman–Crippen MR) is 68.3 cm³/mol. The summed E-state index contributed by atoms with van der Waals surface area (Å²) < 4.78 is 0. The highest BCUT2D eigenvalue weighted by Crippen LogP contribution is 2.39. The summed E-state index contributed by atoms with van der Waals surface area (Å²) in [6, 6.07) is 18.0. The number of Topliss-reactive ketones (excluding diaryl/α,β-unsaturated/α-hetero) is 1. The summed E-state index contributed by atoms with van der Waals surface area (Å²) in [6.07, 6.45) is 0.812. The molecule has 0 unspecified atom stereocenters. The van der Waals surface area contributed by atoms with E-state index < -0.39 is 0 Å². The molecular formula is C16H14O. The van der Waals surface area contributed by atoms with Gasteiger partial charge in [-0.2, -0.15) is 0 Å². The van der Waals surface area contributed by atoms with E-state index in [0.29, 0.717) is 0 Å². The van der Waals surface area contributed by atoms with Gasteiger partial charge in [0.05, 0.1) is 5.41 Å². The van der Waals surface area contributed by atoms with Crippen LogP contribution in [0.3, 0.4) is 0 Å². The smallest absolute Gasteiger partial charge is 0.173 e. The Balaban J connectivity index is 2.12. The van der Waals surface area contributed by atoms with E-state index in [-0.39, 0.29) is 11.2 Å². The van der Waals surface area contributed by atoms with Crippen molar-refractivity contribution in [1.29, 1.82) is 0 Å². The third kappa shape index (κ3) is 1.42. The van der Waals surface area contributed by atoms with Gasteiger partial charge in [-0.1, -0.05) is 54.6 Å². The molecule has 84 valence electrons. The molecule has 3 rings (SSSR count). The lowest BCUT2D eigenvalue weighted by atomic mass is 9.79. The van der Waals surface area contributed by atoms with Gasteiger partial charge in [0.25, 0.3) is 0 Å². The van der Waals surface area contributed by atoms with Crippen LogP contribution in [0.15, 0.2) is 54.6 Å². The Labute approximate surface area is 101 Å². The molecule has 1 atom stereocenters. The number of carbonyl (C=O) groups excluding carboxylic acids is 1. The molecule has 0 bridgehead atoms. The van der Waals surface area contributed by atoms with Crippen LogP contribution >= 0.6 is 0 Å². The molecule has 0 aromatic heterocycles. The predicted octanol–water partition coefficient (Wildman–Crippen LogP) is 3.38. The molecule has 1 aliphatic carbocycles. The van der Waals surface area contributed by atoms with Gasteiger partial charge < -0.3 is 0 Å². The second kappa shape index (κ2) is 3.56. The monoisotopic (exact) mass is 222 g/mol. The summed E-state index contributed by atoms with van der Waals surface area (Å²) >= 11 is 0. The molecule has 0 amide bonds. The lowest BCUT2D eigenvalue weighted by Crippen LogP contribution is -2.29. The van der Waals surface area contributed by atoms with Crippen LogP contribution in [0.25, 0.3) is 0 Å². The van der Waals surface area contributed by atoms with Gasteiger partial charge in [0.2, 0.25) is 0 Å². The van der Waals surface area contributed by atoms with Crippen LogP contribution in [0, 0.1) is 0 Å². The molecule has 2 aromatic carbocycles. The number of rotatable bonds is 1. The van der Waals surface area contributed by atoms with Gasteiger partial charge in [-0.05, 0) is 24.5 Å². The van der Waals surface area contributed by atoms with Crippen LogP contribution in [0.5, 0.6) is 0 Å². The van der Waals surface area contributed by atoms with Crippen LogP contribution in [-0.4, -0.2) is 5.78 Å². The molecular weight excluding hydrogens is 208 g/mol. The van der Waals surface area contributed by atoms with Gasteiger partial charge in [-0.15, -0.1) is 0 Å². The molecule has 0 aliphatic heterocycles. The third-order valence-electron chi connectivity index (χ3n) is 3.72. The van der Waals surface area contributed by atoms with Crippen molar-refractivity contribution < 1.29 is 4.79 Å². The quantitative estimate of drug-likeness (QED) is 0.723. The van der Waals surface area contributed by atoms with Crippen molar-refractivity contribution in [2.75, 3.05) is 0 Å². The van der Waals surface area contributed by atoms with Crippen molar-refractivity contribution in [2.45, 2.75) is 18.8 Å². The Morgan fingerprint density at radius 3 is 2.29 bits per heavy atom. The van der Waals surface area contributed by atoms with Crippen molar-refractivity contribution in [1.82, 2.24) is 0 Å². The topological polar surface area (TPSA) is 17.1 Å². The Morgan fingerprint density at radius 2 is 1.59 bits per heavy atom. The molecule has 17 heavy (non-hydrogen) atoms. The van der Waals surface area contributed by atoms with Crippen molar-refractivity contribution in [3.8, 4) is 0 Å². The minimum absolute atomic E-state index is 0.249. The fourth-order valence-corrected chi connectivity index (χ4v) is 2.69. The second-order valence-electron chi connectivity index (χ2n) is 4.86. The summed E-state index contributed by atoms with van der Waals surface area (Å²) in [5, 5.41) is 0. The fraction of sp³-hybridized carbons (Fsp3) is 0.188. The minimum atomic E-state index is -0.384. The molecule has 0 spiro atoms. The van der Waals surface area contributed by atoms with E-state index in [4.69, 9.17) is 0 Å². The van der Waals surface area contributed by atoms with Crippen molar-refractivity contribution in [2.24, 2.45) is 0 Å². The standard InChI is InChI=1S/C16H14O/c1-16(13-8-3-2-4-9-13)11-12-7-5-6-10-14(12)15(16)17/h2-10H,11H2,1H3/t16-/m1/s1. The number of fused-ring (bicyclic) bond motifs is 1. The summed E-state index contributed by atoms with van der Waals surface area (Å²) in [5.41, 5.74) is 2.79. The van der Waals surface area contributed by atoms with Crippen molar-refractivity contribution in [3.05, 3.63) is 71.3 Å². The van der Waals surface area contributed by atoms with Gasteiger partial charge >= 0.3 is 0 Å². The van der Waals surface area contributed by atoms with Crippen LogP contribution in [0.2, 0.25) is 0 Å². The van der Waals surface area contributed by atoms with Crippen LogP contribution in [0.4, 0.5) is 0 Å². The maximum absolute atomic E-state index is 12.5. The van der Waals surface area contributed by atoms with Gasteiger partial charge in [0, 0.05) is 5.56 Å². The SMILES string of the molecule is C[C@]1(c2ccccc2)Cc2ccccc2C1=O. The van der Waals surface area contributed by atoms with Gasteiger partial charge in [0.15, 0.2) is 5.78 Å². The molecule has 0 heterocycles. The number of carbonyl (C=O) groups is 1. The molecule has 0 radical (unpaired) electrons. The Kier molecular flexibility index (Phi) is 2.15. The lowest BCUT2D eigenvalue weighted by Gasteiger charge is -2.22. The Hall–Kier alpha value is -1.89. The third-order valence-corrected chi connectivity index (χ3v) is 3.72. The second-order valence-corrected chi connectivity index (χ2v) is 4.86. The molecule has 1 aliphatic rings. The van der Waals surface area contributed by atoms with Gasteiger partial charge in [-0.25, -0.2) is 0 Å². The zero-order valence-electron chi connectivity index (χ0n) is 9.81. The van der Waals surface area contributed by atoms with Gasteiger partial charge in [-0.3, -0.25) is 4.79 Å². The van der Waals surface area contributed by atoms with E-state index in [2.05, 4.69) is 6.07 Å². The first-order chi connectivity index (χ1) is 8.22. The summed E-state index contributed by atoms with van der Waals surface area (Å²) in [5.74, 6) is 0.249. The van der Waals surface area contributed by atoms with Crippen LogP contribution in [-0.2, 0) is 11.8 Å². The summed E-state index contributed by atoms with van der Waals surface area (Å²) in [7, 11) is 0. The first-order valence-corrected chi connectivity index (χ1v) is 5.90. The molecule has 1 heteroatoms. The highest BCUT2D eigenvalue weighted by molar-refractivity contribution is 6.08. The molecule has 0 fully saturated rings. The summed E-state index contributed by atoms with van der Waals surface area (Å²) in [4.78, 5) is 12.5. The Morgan fingerprint density at radius 1 is 0.941 bits per heavy atom. The zero-order valence-corrected chi connectivity index (χ0v) is 9.81. The molecule has 0 saturated heterocycles. The van der Waals surface area contributed by atoms with E-state index in [1.54, 1.807) is 0 Å². The summed E-state index contributed by atoms with van der Waals surface area (Å²) in [6.45, 7) is 2.05. The normalized spacial score (nSPS) is 22.5. The first kappa shape index (κ1) is 10.3. The van der Waals surface area contributed by atoms with E-state index >= 15 is 0 Å². The number of ketones is 1. The largest absolute Gasteiger partial charge is 0.293 e. The highest BCUT2D eigenvalue weighted by Gasteiger charge is 2.42. The number of benzene rings is 2. The van der Waals surface area contributed by atoms with E-state index in [0.717, 1.165) is 17.5 Å². The maximum atomic E-state index is 12.5. The van der Waals surface area contributed by atoms with E-state index in [1.807, 2.05) is 55.5 Å². The average Bonchev–Trinajstić information content (AvgIpc) is 2.65. The molecule has 0 saturated carbocycles. The first-order valence-electron chi connectivity index (χ1n) is 5.90. The number of hydrogen-bond acceptors (Lipinski definition) is 1. The lowest BCUT2D eigenvalue weighted by molar-refractivity contribution is 0.0915. The van der Waals surface area contributed by atoms with Crippen LogP contribution in [0.1, 0.15) is 28.4 Å². The minimum Gasteiger partial charge on any atom is -0.293 e. The molecule has 1 nitrogen and oxygen atoms in total. The van der Waals surface area contributed by atoms with Crippen LogP contribution < -0.4 is 0 Å².